The van der Waals surface area contributed by atoms with E-state index in [9.17, 15) is 9.59 Å². The van der Waals surface area contributed by atoms with E-state index in [1.165, 1.54) is 0 Å². The third-order valence-electron chi connectivity index (χ3n) is 4.68. The van der Waals surface area contributed by atoms with Crippen LogP contribution in [0, 0.1) is 5.92 Å². The van der Waals surface area contributed by atoms with Crippen LogP contribution in [0.15, 0.2) is 0 Å². The molecule has 2 rings (SSSR count). The molecule has 0 aromatic heterocycles. The molecule has 6 heteroatoms. The molecule has 0 unspecified atom stereocenters. The minimum absolute atomic E-state index is 0.159. The average Bonchev–Trinajstić information content (AvgIpc) is 2.92. The van der Waals surface area contributed by atoms with Gasteiger partial charge in [0.2, 0.25) is 0 Å². The van der Waals surface area contributed by atoms with Gasteiger partial charge in [0, 0.05) is 25.3 Å². The highest BCUT2D eigenvalue weighted by Gasteiger charge is 2.35. The molecule has 0 spiro atoms. The van der Waals surface area contributed by atoms with Gasteiger partial charge in [0.25, 0.3) is 0 Å². The number of amides is 1. The van der Waals surface area contributed by atoms with E-state index in [0.717, 1.165) is 38.5 Å². The van der Waals surface area contributed by atoms with Crippen LogP contribution in [-0.2, 0) is 14.3 Å². The summed E-state index contributed by atoms with van der Waals surface area (Å²) in [7, 11) is 0. The standard InChI is InChI=1S/C16H27NO4S/c1-16(6-2-3-7-16)21-15(19)17-8-4-13(5-9-17)12-14(18)20-10-11-22/h13,22H,2-12H2,1H3. The highest BCUT2D eigenvalue weighted by atomic mass is 32.1. The quantitative estimate of drug-likeness (QED) is 0.622. The van der Waals surface area contributed by atoms with Gasteiger partial charge in [-0.2, -0.15) is 12.6 Å². The second kappa shape index (κ2) is 8.09. The van der Waals surface area contributed by atoms with Crippen molar-refractivity contribution >= 4 is 24.7 Å². The first-order valence-electron chi connectivity index (χ1n) is 8.27. The number of carbonyl (C=O) groups is 2. The molecule has 2 fully saturated rings. The minimum atomic E-state index is -0.273. The summed E-state index contributed by atoms with van der Waals surface area (Å²) in [5.41, 5.74) is -0.273. The molecule has 5 nitrogen and oxygen atoms in total. The minimum Gasteiger partial charge on any atom is -0.465 e. The second-order valence-corrected chi connectivity index (χ2v) is 7.05. The molecular formula is C16H27NO4S. The van der Waals surface area contributed by atoms with E-state index < -0.39 is 0 Å². The van der Waals surface area contributed by atoms with Crippen LogP contribution in [0.25, 0.3) is 0 Å². The molecule has 1 saturated heterocycles. The number of ether oxygens (including phenoxy) is 2. The van der Waals surface area contributed by atoms with Crippen LogP contribution < -0.4 is 0 Å². The van der Waals surface area contributed by atoms with Gasteiger partial charge in [0.05, 0.1) is 0 Å². The van der Waals surface area contributed by atoms with Gasteiger partial charge in [-0.3, -0.25) is 4.79 Å². The van der Waals surface area contributed by atoms with Crippen LogP contribution in [-0.4, -0.2) is 48.0 Å². The fraction of sp³-hybridized carbons (Fsp3) is 0.875. The second-order valence-electron chi connectivity index (χ2n) is 6.60. The monoisotopic (exact) mass is 329 g/mol. The largest absolute Gasteiger partial charge is 0.465 e. The number of thiol groups is 1. The Morgan fingerprint density at radius 1 is 1.23 bits per heavy atom. The number of rotatable bonds is 5. The molecule has 0 aromatic rings. The summed E-state index contributed by atoms with van der Waals surface area (Å²) in [4.78, 5) is 25.6. The molecule has 1 heterocycles. The lowest BCUT2D eigenvalue weighted by Gasteiger charge is -2.34. The van der Waals surface area contributed by atoms with Gasteiger partial charge in [-0.25, -0.2) is 4.79 Å². The van der Waals surface area contributed by atoms with Crippen molar-refractivity contribution in [1.29, 1.82) is 0 Å². The Hall–Kier alpha value is -0.910. The maximum Gasteiger partial charge on any atom is 0.410 e. The molecule has 1 amide bonds. The molecule has 22 heavy (non-hydrogen) atoms. The van der Waals surface area contributed by atoms with E-state index >= 15 is 0 Å². The maximum atomic E-state index is 12.2. The number of piperidine rings is 1. The molecule has 0 N–H and O–H groups in total. The Bertz CT molecular complexity index is 388. The van der Waals surface area contributed by atoms with Crippen molar-refractivity contribution in [3.8, 4) is 0 Å². The molecule has 0 radical (unpaired) electrons. The van der Waals surface area contributed by atoms with E-state index in [4.69, 9.17) is 9.47 Å². The molecule has 126 valence electrons. The molecule has 1 aliphatic heterocycles. The van der Waals surface area contributed by atoms with Gasteiger partial charge in [0.15, 0.2) is 0 Å². The zero-order valence-electron chi connectivity index (χ0n) is 13.4. The van der Waals surface area contributed by atoms with Crippen molar-refractivity contribution in [2.24, 2.45) is 5.92 Å². The Morgan fingerprint density at radius 2 is 1.86 bits per heavy atom. The topological polar surface area (TPSA) is 55.8 Å². The van der Waals surface area contributed by atoms with Crippen molar-refractivity contribution in [3.05, 3.63) is 0 Å². The SMILES string of the molecule is CC1(OC(=O)N2CCC(CC(=O)OCCS)CC2)CCCC1. The van der Waals surface area contributed by atoms with E-state index in [1.807, 2.05) is 6.92 Å². The zero-order valence-corrected chi connectivity index (χ0v) is 14.3. The smallest absolute Gasteiger partial charge is 0.410 e. The predicted octanol–water partition coefficient (Wildman–Crippen LogP) is 3.03. The predicted molar refractivity (Wildman–Crippen MR) is 87.1 cm³/mol. The van der Waals surface area contributed by atoms with Gasteiger partial charge < -0.3 is 14.4 Å². The summed E-state index contributed by atoms with van der Waals surface area (Å²) in [5.74, 6) is 0.696. The Kier molecular flexibility index (Phi) is 6.41. The van der Waals surface area contributed by atoms with Gasteiger partial charge in [-0.15, -0.1) is 0 Å². The lowest BCUT2D eigenvalue weighted by molar-refractivity contribution is -0.144. The van der Waals surface area contributed by atoms with Crippen LogP contribution in [0.4, 0.5) is 4.79 Å². The van der Waals surface area contributed by atoms with Crippen LogP contribution >= 0.6 is 12.6 Å². The number of likely N-dealkylation sites (tertiary alicyclic amines) is 1. The fourth-order valence-electron chi connectivity index (χ4n) is 3.27. The zero-order chi connectivity index (χ0) is 16.0. The molecular weight excluding hydrogens is 302 g/mol. The molecule has 0 aromatic carbocycles. The first kappa shape index (κ1) is 17.4. The van der Waals surface area contributed by atoms with Gasteiger partial charge in [-0.1, -0.05) is 0 Å². The summed E-state index contributed by atoms with van der Waals surface area (Å²) in [5, 5.41) is 0. The molecule has 0 bridgehead atoms. The summed E-state index contributed by atoms with van der Waals surface area (Å²) < 4.78 is 10.7. The number of nitrogens with zero attached hydrogens (tertiary/aromatic N) is 1. The highest BCUT2D eigenvalue weighted by molar-refractivity contribution is 7.80. The van der Waals surface area contributed by atoms with E-state index in [2.05, 4.69) is 12.6 Å². The van der Waals surface area contributed by atoms with E-state index in [-0.39, 0.29) is 17.7 Å². The van der Waals surface area contributed by atoms with E-state index in [1.54, 1.807) is 4.90 Å². The molecule has 0 atom stereocenters. The van der Waals surface area contributed by atoms with Crippen LogP contribution in [0.2, 0.25) is 0 Å². The third kappa shape index (κ3) is 5.07. The van der Waals surface area contributed by atoms with Crippen molar-refractivity contribution in [2.75, 3.05) is 25.4 Å². The van der Waals surface area contributed by atoms with Crippen molar-refractivity contribution in [2.45, 2.75) is 57.5 Å². The fourth-order valence-corrected chi connectivity index (χ4v) is 3.37. The average molecular weight is 329 g/mol. The maximum absolute atomic E-state index is 12.2. The van der Waals surface area contributed by atoms with Gasteiger partial charge >= 0.3 is 12.1 Å². The molecule has 2 aliphatic rings. The Morgan fingerprint density at radius 3 is 2.45 bits per heavy atom. The number of carbonyl (C=O) groups excluding carboxylic acids is 2. The lowest BCUT2D eigenvalue weighted by Crippen LogP contribution is -2.42. The van der Waals surface area contributed by atoms with Crippen LogP contribution in [0.3, 0.4) is 0 Å². The Balaban J connectivity index is 1.70. The number of esters is 1. The third-order valence-corrected chi connectivity index (χ3v) is 4.86. The van der Waals surface area contributed by atoms with E-state index in [0.29, 0.717) is 37.8 Å². The number of hydrogen-bond donors (Lipinski definition) is 1. The number of hydrogen-bond acceptors (Lipinski definition) is 5. The Labute approximate surface area is 138 Å². The van der Waals surface area contributed by atoms with Crippen LogP contribution in [0.1, 0.15) is 51.9 Å². The summed E-state index contributed by atoms with van der Waals surface area (Å²) in [6.07, 6.45) is 6.12. The molecule has 1 saturated carbocycles. The summed E-state index contributed by atoms with van der Waals surface area (Å²) in [6, 6.07) is 0. The molecule has 1 aliphatic carbocycles. The normalized spacial score (nSPS) is 21.6. The van der Waals surface area contributed by atoms with Gasteiger partial charge in [0.1, 0.15) is 12.2 Å². The highest BCUT2D eigenvalue weighted by Crippen LogP contribution is 2.33. The van der Waals surface area contributed by atoms with Crippen molar-refractivity contribution in [1.82, 2.24) is 4.90 Å². The van der Waals surface area contributed by atoms with Crippen molar-refractivity contribution < 1.29 is 19.1 Å². The summed E-state index contributed by atoms with van der Waals surface area (Å²) >= 11 is 4.01. The lowest BCUT2D eigenvalue weighted by atomic mass is 9.94. The first-order chi connectivity index (χ1) is 10.5. The van der Waals surface area contributed by atoms with Gasteiger partial charge in [-0.05, 0) is 51.4 Å². The summed E-state index contributed by atoms with van der Waals surface area (Å²) in [6.45, 7) is 3.73. The first-order valence-corrected chi connectivity index (χ1v) is 8.90. The van der Waals surface area contributed by atoms with Crippen molar-refractivity contribution in [3.63, 3.8) is 0 Å². The van der Waals surface area contributed by atoms with Crippen LogP contribution in [0.5, 0.6) is 0 Å².